The Hall–Kier alpha value is -2.71. The van der Waals surface area contributed by atoms with E-state index in [1.54, 1.807) is 43.3 Å². The molecule has 0 fully saturated rings. The minimum absolute atomic E-state index is 0.0354. The molecule has 2 aromatic carbocycles. The molecule has 1 N–H and O–H groups in total. The molecule has 7 nitrogen and oxygen atoms in total. The van der Waals surface area contributed by atoms with Crippen molar-refractivity contribution >= 4 is 33.0 Å². The van der Waals surface area contributed by atoms with Gasteiger partial charge in [-0.2, -0.15) is 9.90 Å². The summed E-state index contributed by atoms with van der Waals surface area (Å²) in [6.45, 7) is 1.64. The highest BCUT2D eigenvalue weighted by atomic mass is 35.5. The first-order chi connectivity index (χ1) is 12.3. The third-order valence-electron chi connectivity index (χ3n) is 3.57. The Morgan fingerprint density at radius 1 is 1.12 bits per heavy atom. The summed E-state index contributed by atoms with van der Waals surface area (Å²) < 4.78 is 23.7. The molecule has 0 bridgehead atoms. The van der Waals surface area contributed by atoms with Crippen LogP contribution in [-0.2, 0) is 9.84 Å². The van der Waals surface area contributed by atoms with Crippen LogP contribution < -0.4 is 5.32 Å². The molecule has 0 saturated carbocycles. The maximum Gasteiger partial charge on any atom is 0.278 e. The van der Waals surface area contributed by atoms with Crippen molar-refractivity contribution in [1.29, 1.82) is 0 Å². The van der Waals surface area contributed by atoms with Gasteiger partial charge < -0.3 is 5.32 Å². The van der Waals surface area contributed by atoms with Crippen LogP contribution in [0, 0.1) is 6.92 Å². The second-order valence-corrected chi connectivity index (χ2v) is 8.05. The van der Waals surface area contributed by atoms with Crippen LogP contribution in [0.25, 0.3) is 5.69 Å². The van der Waals surface area contributed by atoms with E-state index in [1.165, 1.54) is 16.9 Å². The van der Waals surface area contributed by atoms with Crippen molar-refractivity contribution in [2.45, 2.75) is 11.8 Å². The Balaban J connectivity index is 1.93. The standard InChI is InChI=1S/C17H15ClN4O3S/c1-11-16(21-22(20-11)13-7-5-6-12(18)10-13)17(23)19-14-8-3-4-9-15(14)26(2,24)25/h3-10H,1-2H3,(H,19,23). The zero-order chi connectivity index (χ0) is 18.9. The zero-order valence-corrected chi connectivity index (χ0v) is 15.5. The Morgan fingerprint density at radius 2 is 1.85 bits per heavy atom. The van der Waals surface area contributed by atoms with Gasteiger partial charge in [0.05, 0.1) is 22.0 Å². The molecular weight excluding hydrogens is 376 g/mol. The van der Waals surface area contributed by atoms with E-state index in [0.29, 0.717) is 16.4 Å². The molecule has 26 heavy (non-hydrogen) atoms. The van der Waals surface area contributed by atoms with Gasteiger partial charge in [0.2, 0.25) is 0 Å². The Kier molecular flexibility index (Phi) is 4.80. The number of carbonyl (C=O) groups is 1. The van der Waals surface area contributed by atoms with E-state index in [1.807, 2.05) is 0 Å². The van der Waals surface area contributed by atoms with Gasteiger partial charge in [0, 0.05) is 11.3 Å². The maximum atomic E-state index is 12.6. The number of aromatic nitrogens is 3. The molecule has 0 saturated heterocycles. The lowest BCUT2D eigenvalue weighted by atomic mass is 10.3. The van der Waals surface area contributed by atoms with E-state index >= 15 is 0 Å². The quantitative estimate of drug-likeness (QED) is 0.739. The van der Waals surface area contributed by atoms with Gasteiger partial charge in [0.1, 0.15) is 0 Å². The molecule has 1 amide bonds. The van der Waals surface area contributed by atoms with Gasteiger partial charge in [0.15, 0.2) is 15.5 Å². The molecular formula is C17H15ClN4O3S. The summed E-state index contributed by atoms with van der Waals surface area (Å²) in [6.07, 6.45) is 1.08. The van der Waals surface area contributed by atoms with Crippen LogP contribution >= 0.6 is 11.6 Å². The van der Waals surface area contributed by atoms with Gasteiger partial charge in [-0.3, -0.25) is 4.79 Å². The monoisotopic (exact) mass is 390 g/mol. The van der Waals surface area contributed by atoms with Crippen molar-refractivity contribution in [3.05, 3.63) is 64.9 Å². The number of benzene rings is 2. The van der Waals surface area contributed by atoms with Crippen molar-refractivity contribution < 1.29 is 13.2 Å². The molecule has 0 unspecified atom stereocenters. The van der Waals surface area contributed by atoms with E-state index in [4.69, 9.17) is 11.6 Å². The Labute approximate surface area is 155 Å². The highest BCUT2D eigenvalue weighted by molar-refractivity contribution is 7.90. The number of amides is 1. The Morgan fingerprint density at radius 3 is 2.54 bits per heavy atom. The second-order valence-electron chi connectivity index (χ2n) is 5.63. The fourth-order valence-corrected chi connectivity index (χ4v) is 3.41. The Bertz CT molecular complexity index is 1090. The van der Waals surface area contributed by atoms with Gasteiger partial charge in [-0.1, -0.05) is 29.8 Å². The number of aryl methyl sites for hydroxylation is 1. The lowest BCUT2D eigenvalue weighted by Crippen LogP contribution is -2.16. The number of carbonyl (C=O) groups excluding carboxylic acids is 1. The summed E-state index contributed by atoms with van der Waals surface area (Å²) in [4.78, 5) is 13.9. The first-order valence-corrected chi connectivity index (χ1v) is 9.83. The van der Waals surface area contributed by atoms with Crippen LogP contribution in [0.15, 0.2) is 53.4 Å². The summed E-state index contributed by atoms with van der Waals surface area (Å²) in [5, 5.41) is 11.5. The molecule has 0 aliphatic heterocycles. The van der Waals surface area contributed by atoms with Crippen LogP contribution in [-0.4, -0.2) is 35.6 Å². The van der Waals surface area contributed by atoms with E-state index in [2.05, 4.69) is 15.5 Å². The van der Waals surface area contributed by atoms with Crippen LogP contribution in [0.2, 0.25) is 5.02 Å². The van der Waals surface area contributed by atoms with Gasteiger partial charge in [-0.15, -0.1) is 5.10 Å². The van der Waals surface area contributed by atoms with E-state index in [9.17, 15) is 13.2 Å². The van der Waals surface area contributed by atoms with E-state index < -0.39 is 15.7 Å². The molecule has 0 radical (unpaired) electrons. The normalized spacial score (nSPS) is 11.3. The fourth-order valence-electron chi connectivity index (χ4n) is 2.38. The summed E-state index contributed by atoms with van der Waals surface area (Å²) in [5.41, 5.74) is 1.29. The minimum atomic E-state index is -3.48. The predicted octanol–water partition coefficient (Wildman–Crippen LogP) is 2.88. The van der Waals surface area contributed by atoms with Gasteiger partial charge >= 0.3 is 0 Å². The highest BCUT2D eigenvalue weighted by Crippen LogP contribution is 2.21. The average molecular weight is 391 g/mol. The third-order valence-corrected chi connectivity index (χ3v) is 4.96. The molecule has 3 rings (SSSR count). The number of hydrogen-bond acceptors (Lipinski definition) is 5. The maximum absolute atomic E-state index is 12.6. The number of anilines is 1. The van der Waals surface area contributed by atoms with Crippen molar-refractivity contribution in [2.75, 3.05) is 11.6 Å². The van der Waals surface area contributed by atoms with Crippen LogP contribution in [0.1, 0.15) is 16.2 Å². The lowest BCUT2D eigenvalue weighted by Gasteiger charge is -2.08. The predicted molar refractivity (Wildman–Crippen MR) is 98.6 cm³/mol. The number of sulfone groups is 1. The van der Waals surface area contributed by atoms with Gasteiger partial charge in [-0.05, 0) is 37.3 Å². The first-order valence-electron chi connectivity index (χ1n) is 7.56. The molecule has 0 aliphatic rings. The van der Waals surface area contributed by atoms with Crippen molar-refractivity contribution in [3.63, 3.8) is 0 Å². The molecule has 0 aliphatic carbocycles. The van der Waals surface area contributed by atoms with Crippen molar-refractivity contribution in [3.8, 4) is 5.69 Å². The zero-order valence-electron chi connectivity index (χ0n) is 14.0. The fraction of sp³-hybridized carbons (Fsp3) is 0.118. The molecule has 0 atom stereocenters. The summed E-state index contributed by atoms with van der Waals surface area (Å²) >= 11 is 5.97. The van der Waals surface area contributed by atoms with Crippen LogP contribution in [0.3, 0.4) is 0 Å². The molecule has 1 aromatic heterocycles. The molecule has 134 valence electrons. The topological polar surface area (TPSA) is 93.9 Å². The van der Waals surface area contributed by atoms with E-state index in [-0.39, 0.29) is 16.3 Å². The third kappa shape index (κ3) is 3.76. The van der Waals surface area contributed by atoms with Crippen molar-refractivity contribution in [2.24, 2.45) is 0 Å². The van der Waals surface area contributed by atoms with Gasteiger partial charge in [0.25, 0.3) is 5.91 Å². The number of nitrogens with zero attached hydrogens (tertiary/aromatic N) is 3. The molecule has 0 spiro atoms. The largest absolute Gasteiger partial charge is 0.319 e. The number of nitrogens with one attached hydrogen (secondary N) is 1. The average Bonchev–Trinajstić information content (AvgIpc) is 2.96. The minimum Gasteiger partial charge on any atom is -0.319 e. The van der Waals surface area contributed by atoms with Crippen LogP contribution in [0.4, 0.5) is 5.69 Å². The lowest BCUT2D eigenvalue weighted by molar-refractivity contribution is 0.102. The number of para-hydroxylation sites is 1. The second kappa shape index (κ2) is 6.89. The molecule has 3 aromatic rings. The van der Waals surface area contributed by atoms with E-state index in [0.717, 1.165) is 6.26 Å². The highest BCUT2D eigenvalue weighted by Gasteiger charge is 2.20. The SMILES string of the molecule is Cc1nn(-c2cccc(Cl)c2)nc1C(=O)Nc1ccccc1S(C)(=O)=O. The molecule has 9 heteroatoms. The van der Waals surface area contributed by atoms with Crippen molar-refractivity contribution in [1.82, 2.24) is 15.0 Å². The summed E-state index contributed by atoms with van der Waals surface area (Å²) in [5.74, 6) is -0.549. The number of hydrogen-bond donors (Lipinski definition) is 1. The smallest absolute Gasteiger partial charge is 0.278 e. The number of halogens is 1. The van der Waals surface area contributed by atoms with Gasteiger partial charge in [-0.25, -0.2) is 8.42 Å². The molecule has 1 heterocycles. The van der Waals surface area contributed by atoms with Crippen LogP contribution in [0.5, 0.6) is 0 Å². The summed E-state index contributed by atoms with van der Waals surface area (Å²) in [7, 11) is -3.48. The summed E-state index contributed by atoms with van der Waals surface area (Å²) in [6, 6.07) is 13.1. The number of rotatable bonds is 4. The first kappa shape index (κ1) is 18.1.